The maximum Gasteiger partial charge on any atom is 0.259 e. The fourth-order valence-electron chi connectivity index (χ4n) is 4.45. The van der Waals surface area contributed by atoms with E-state index in [1.54, 1.807) is 15.8 Å². The van der Waals surface area contributed by atoms with Gasteiger partial charge in [-0.25, -0.2) is 4.68 Å². The van der Waals surface area contributed by atoms with Gasteiger partial charge in [-0.15, -0.1) is 0 Å². The minimum absolute atomic E-state index is 0.00744. The van der Waals surface area contributed by atoms with Gasteiger partial charge in [0.25, 0.3) is 5.91 Å². The van der Waals surface area contributed by atoms with Crippen LogP contribution >= 0.6 is 0 Å². The van der Waals surface area contributed by atoms with Crippen LogP contribution in [0.25, 0.3) is 11.5 Å². The van der Waals surface area contributed by atoms with Gasteiger partial charge in [0.15, 0.2) is 5.82 Å². The van der Waals surface area contributed by atoms with Crippen molar-refractivity contribution in [3.63, 3.8) is 0 Å². The molecule has 1 N–H and O–H groups in total. The number of nitrogens with one attached hydrogen (secondary N) is 1. The van der Waals surface area contributed by atoms with Crippen LogP contribution in [0.2, 0.25) is 0 Å². The van der Waals surface area contributed by atoms with E-state index in [0.29, 0.717) is 31.0 Å². The lowest BCUT2D eigenvalue weighted by Crippen LogP contribution is -2.45. The highest BCUT2D eigenvalue weighted by atomic mass is 16.2. The van der Waals surface area contributed by atoms with Gasteiger partial charge in [0, 0.05) is 32.0 Å². The molecule has 0 spiro atoms. The van der Waals surface area contributed by atoms with Crippen molar-refractivity contribution in [3.05, 3.63) is 103 Å². The second kappa shape index (κ2) is 9.79. The Labute approximate surface area is 198 Å². The molecule has 2 amide bonds. The Morgan fingerprint density at radius 1 is 0.941 bits per heavy atom. The monoisotopic (exact) mass is 453 g/mol. The zero-order valence-electron chi connectivity index (χ0n) is 18.9. The van der Waals surface area contributed by atoms with Crippen molar-refractivity contribution in [2.45, 2.75) is 19.4 Å². The summed E-state index contributed by atoms with van der Waals surface area (Å²) in [6.07, 6.45) is 7.01. The summed E-state index contributed by atoms with van der Waals surface area (Å²) in [6, 6.07) is 23.5. The molecule has 5 rings (SSSR count). The molecule has 7 heteroatoms. The lowest BCUT2D eigenvalue weighted by atomic mass is 9.96. The summed E-state index contributed by atoms with van der Waals surface area (Å²) in [7, 11) is 0. The molecule has 0 saturated carbocycles. The molecule has 2 aromatic carbocycles. The average molecular weight is 454 g/mol. The number of rotatable bonds is 6. The second-order valence-electron chi connectivity index (χ2n) is 8.51. The molecule has 0 radical (unpaired) electrons. The predicted octanol–water partition coefficient (Wildman–Crippen LogP) is 3.83. The Hall–Kier alpha value is -4.13. The lowest BCUT2D eigenvalue weighted by molar-refractivity contribution is -0.126. The molecule has 1 aliphatic rings. The third-order valence-corrected chi connectivity index (χ3v) is 6.21. The van der Waals surface area contributed by atoms with E-state index in [1.165, 1.54) is 0 Å². The van der Waals surface area contributed by atoms with Crippen molar-refractivity contribution in [2.75, 3.05) is 13.1 Å². The van der Waals surface area contributed by atoms with Crippen molar-refractivity contribution < 1.29 is 9.59 Å². The molecule has 7 nitrogen and oxygen atoms in total. The van der Waals surface area contributed by atoms with Crippen molar-refractivity contribution in [1.29, 1.82) is 0 Å². The van der Waals surface area contributed by atoms with Crippen molar-refractivity contribution >= 4 is 11.8 Å². The normalized spacial score (nSPS) is 15.8. The zero-order valence-corrected chi connectivity index (χ0v) is 18.9. The number of hydrogen-bond acceptors (Lipinski definition) is 3. The van der Waals surface area contributed by atoms with Gasteiger partial charge in [-0.05, 0) is 42.7 Å². The highest BCUT2D eigenvalue weighted by molar-refractivity contribution is 5.97. The minimum atomic E-state index is -0.222. The summed E-state index contributed by atoms with van der Waals surface area (Å²) >= 11 is 0. The third kappa shape index (κ3) is 4.50. The highest BCUT2D eigenvalue weighted by Crippen LogP contribution is 2.24. The van der Waals surface area contributed by atoms with Gasteiger partial charge in [0.1, 0.15) is 5.56 Å². The van der Waals surface area contributed by atoms with Crippen LogP contribution in [-0.4, -0.2) is 44.2 Å². The van der Waals surface area contributed by atoms with Crippen LogP contribution in [0, 0.1) is 5.92 Å². The number of nitrogens with zero attached hydrogens (tertiary/aromatic N) is 4. The molecule has 1 fully saturated rings. The Kier molecular flexibility index (Phi) is 6.25. The number of hydrogen-bond donors (Lipinski definition) is 1. The fourth-order valence-corrected chi connectivity index (χ4v) is 4.45. The van der Waals surface area contributed by atoms with Gasteiger partial charge >= 0.3 is 0 Å². The van der Waals surface area contributed by atoms with Crippen LogP contribution < -0.4 is 5.32 Å². The van der Waals surface area contributed by atoms with Crippen molar-refractivity contribution in [1.82, 2.24) is 24.6 Å². The number of carbonyl (C=O) groups is 2. The number of piperidine rings is 1. The second-order valence-corrected chi connectivity index (χ2v) is 8.51. The van der Waals surface area contributed by atoms with E-state index in [0.717, 1.165) is 24.1 Å². The summed E-state index contributed by atoms with van der Waals surface area (Å²) in [5, 5.41) is 7.57. The molecule has 0 aliphatic carbocycles. The molecule has 34 heavy (non-hydrogen) atoms. The molecule has 4 aromatic rings. The zero-order chi connectivity index (χ0) is 23.3. The SMILES string of the molecule is O=C(NCc1ccccc1)C1CCCN(C(=O)c2cnn(-c3ccccc3)c2-n2cccc2)C1. The number of likely N-dealkylation sites (tertiary alicyclic amines) is 1. The van der Waals surface area contributed by atoms with E-state index >= 15 is 0 Å². The summed E-state index contributed by atoms with van der Waals surface area (Å²) in [5.41, 5.74) is 2.46. The summed E-state index contributed by atoms with van der Waals surface area (Å²) in [6.45, 7) is 1.52. The molecule has 2 aromatic heterocycles. The molecule has 172 valence electrons. The van der Waals surface area contributed by atoms with Crippen LogP contribution in [0.1, 0.15) is 28.8 Å². The van der Waals surface area contributed by atoms with Crippen molar-refractivity contribution in [2.24, 2.45) is 5.92 Å². The predicted molar refractivity (Wildman–Crippen MR) is 130 cm³/mol. The van der Waals surface area contributed by atoms with Gasteiger partial charge < -0.3 is 14.8 Å². The van der Waals surface area contributed by atoms with Crippen LogP contribution in [0.15, 0.2) is 91.4 Å². The van der Waals surface area contributed by atoms with Gasteiger partial charge in [0.05, 0.1) is 17.8 Å². The summed E-state index contributed by atoms with van der Waals surface area (Å²) in [5.74, 6) is 0.357. The first-order valence-corrected chi connectivity index (χ1v) is 11.6. The van der Waals surface area contributed by atoms with E-state index in [2.05, 4.69) is 10.4 Å². The smallest absolute Gasteiger partial charge is 0.259 e. The molecule has 1 aliphatic heterocycles. The van der Waals surface area contributed by atoms with E-state index in [4.69, 9.17) is 0 Å². The van der Waals surface area contributed by atoms with Gasteiger partial charge in [-0.2, -0.15) is 5.10 Å². The van der Waals surface area contributed by atoms with E-state index in [-0.39, 0.29) is 17.7 Å². The van der Waals surface area contributed by atoms with Gasteiger partial charge in [-0.3, -0.25) is 9.59 Å². The Bertz CT molecular complexity index is 1250. The van der Waals surface area contributed by atoms with E-state index < -0.39 is 0 Å². The number of benzene rings is 2. The minimum Gasteiger partial charge on any atom is -0.352 e. The van der Waals surface area contributed by atoms with E-state index in [1.807, 2.05) is 89.8 Å². The molecule has 1 unspecified atom stereocenters. The Morgan fingerprint density at radius 2 is 1.65 bits per heavy atom. The maximum atomic E-state index is 13.6. The van der Waals surface area contributed by atoms with Crippen LogP contribution in [0.5, 0.6) is 0 Å². The molecular formula is C27H27N5O2. The molecule has 0 bridgehead atoms. The molecule has 3 heterocycles. The first-order valence-electron chi connectivity index (χ1n) is 11.6. The van der Waals surface area contributed by atoms with Crippen LogP contribution in [0.4, 0.5) is 0 Å². The van der Waals surface area contributed by atoms with Crippen LogP contribution in [0.3, 0.4) is 0 Å². The standard InChI is InChI=1S/C27H27N5O2/c33-25(28-18-21-10-3-1-4-11-21)22-12-9-17-31(20-22)27(34)24-19-29-32(23-13-5-2-6-14-23)26(24)30-15-7-8-16-30/h1-8,10-11,13-16,19,22H,9,12,17-18,20H2,(H,28,33). The topological polar surface area (TPSA) is 72.2 Å². The Balaban J connectivity index is 1.35. The quantitative estimate of drug-likeness (QED) is 0.482. The van der Waals surface area contributed by atoms with E-state index in [9.17, 15) is 9.59 Å². The Morgan fingerprint density at radius 3 is 2.38 bits per heavy atom. The molecular weight excluding hydrogens is 426 g/mol. The van der Waals surface area contributed by atoms with Crippen molar-refractivity contribution in [3.8, 4) is 11.5 Å². The number of carbonyl (C=O) groups excluding carboxylic acids is 2. The number of amides is 2. The number of para-hydroxylation sites is 1. The molecule has 1 atom stereocenters. The summed E-state index contributed by atoms with van der Waals surface area (Å²) < 4.78 is 3.68. The van der Waals surface area contributed by atoms with Crippen LogP contribution in [-0.2, 0) is 11.3 Å². The first kappa shape index (κ1) is 21.7. The largest absolute Gasteiger partial charge is 0.352 e. The lowest BCUT2D eigenvalue weighted by Gasteiger charge is -2.32. The maximum absolute atomic E-state index is 13.6. The number of aromatic nitrogens is 3. The highest BCUT2D eigenvalue weighted by Gasteiger charge is 2.31. The average Bonchev–Trinajstić information content (AvgIpc) is 3.58. The van der Waals surface area contributed by atoms with Gasteiger partial charge in [-0.1, -0.05) is 48.5 Å². The summed E-state index contributed by atoms with van der Waals surface area (Å²) in [4.78, 5) is 28.3. The molecule has 1 saturated heterocycles. The van der Waals surface area contributed by atoms with Gasteiger partial charge in [0.2, 0.25) is 5.91 Å². The first-order chi connectivity index (χ1) is 16.7. The fraction of sp³-hybridized carbons (Fsp3) is 0.222. The third-order valence-electron chi connectivity index (χ3n) is 6.21.